The maximum absolute atomic E-state index is 14.3. The summed E-state index contributed by atoms with van der Waals surface area (Å²) >= 11 is 6.15. The number of rotatable bonds is 11. The topological polar surface area (TPSA) is 96.0 Å². The van der Waals surface area contributed by atoms with Crippen LogP contribution in [0.3, 0.4) is 0 Å². The Hall–Kier alpha value is -2.85. The van der Waals surface area contributed by atoms with Gasteiger partial charge in [0.2, 0.25) is 21.8 Å². The van der Waals surface area contributed by atoms with Crippen molar-refractivity contribution >= 4 is 39.1 Å². The third-order valence-corrected chi connectivity index (χ3v) is 6.55. The van der Waals surface area contributed by atoms with Crippen LogP contribution >= 0.6 is 11.6 Å². The molecule has 1 N–H and O–H groups in total. The summed E-state index contributed by atoms with van der Waals surface area (Å²) in [6.07, 6.45) is 1.65. The van der Waals surface area contributed by atoms with Crippen molar-refractivity contribution in [2.45, 2.75) is 32.9 Å². The summed E-state index contributed by atoms with van der Waals surface area (Å²) in [6, 6.07) is 9.22. The Bertz CT molecular complexity index is 1130. The lowest BCUT2D eigenvalue weighted by Crippen LogP contribution is -2.51. The van der Waals surface area contributed by atoms with Gasteiger partial charge in [-0.15, -0.1) is 0 Å². The Morgan fingerprint density at radius 3 is 2.44 bits per heavy atom. The van der Waals surface area contributed by atoms with Crippen molar-refractivity contribution in [1.82, 2.24) is 10.2 Å². The van der Waals surface area contributed by atoms with Crippen molar-refractivity contribution in [2.75, 3.05) is 30.8 Å². The molecular formula is C23H29ClFN3O5S. The quantitative estimate of drug-likeness (QED) is 0.498. The smallest absolute Gasteiger partial charge is 0.244 e. The van der Waals surface area contributed by atoms with E-state index in [2.05, 4.69) is 5.32 Å². The minimum Gasteiger partial charge on any atom is -0.495 e. The number of amides is 2. The van der Waals surface area contributed by atoms with Crippen molar-refractivity contribution < 1.29 is 27.1 Å². The highest BCUT2D eigenvalue weighted by Gasteiger charge is 2.30. The zero-order valence-corrected chi connectivity index (χ0v) is 21.1. The number of anilines is 1. The van der Waals surface area contributed by atoms with Crippen LogP contribution < -0.4 is 14.4 Å². The van der Waals surface area contributed by atoms with E-state index in [1.54, 1.807) is 6.07 Å². The van der Waals surface area contributed by atoms with E-state index in [9.17, 15) is 22.4 Å². The van der Waals surface area contributed by atoms with Gasteiger partial charge in [0.15, 0.2) is 0 Å². The maximum Gasteiger partial charge on any atom is 0.244 e. The molecule has 34 heavy (non-hydrogen) atoms. The molecule has 8 nitrogen and oxygen atoms in total. The first-order valence-electron chi connectivity index (χ1n) is 10.6. The number of ether oxygens (including phenoxy) is 1. The van der Waals surface area contributed by atoms with Crippen molar-refractivity contribution in [3.63, 3.8) is 0 Å². The largest absolute Gasteiger partial charge is 0.495 e. The third kappa shape index (κ3) is 7.07. The molecule has 2 rings (SSSR count). The highest BCUT2D eigenvalue weighted by molar-refractivity contribution is 7.92. The predicted molar refractivity (Wildman–Crippen MR) is 130 cm³/mol. The Balaban J connectivity index is 2.41. The summed E-state index contributed by atoms with van der Waals surface area (Å²) < 4.78 is 45.4. The molecule has 0 radical (unpaired) electrons. The number of nitrogens with one attached hydrogen (secondary N) is 1. The molecule has 0 aliphatic heterocycles. The summed E-state index contributed by atoms with van der Waals surface area (Å²) in [4.78, 5) is 27.2. The van der Waals surface area contributed by atoms with Gasteiger partial charge in [0.1, 0.15) is 24.2 Å². The Morgan fingerprint density at radius 1 is 1.21 bits per heavy atom. The Morgan fingerprint density at radius 2 is 1.88 bits per heavy atom. The van der Waals surface area contributed by atoms with E-state index in [1.165, 1.54) is 50.4 Å². The molecule has 0 saturated carbocycles. The van der Waals surface area contributed by atoms with Gasteiger partial charge in [-0.3, -0.25) is 13.9 Å². The van der Waals surface area contributed by atoms with Crippen molar-refractivity contribution in [1.29, 1.82) is 0 Å². The fourth-order valence-corrected chi connectivity index (χ4v) is 4.31. The van der Waals surface area contributed by atoms with Gasteiger partial charge < -0.3 is 15.0 Å². The first-order chi connectivity index (χ1) is 16.0. The van der Waals surface area contributed by atoms with Gasteiger partial charge in [-0.1, -0.05) is 36.7 Å². The zero-order valence-electron chi connectivity index (χ0n) is 19.5. The third-order valence-electron chi connectivity index (χ3n) is 5.12. The van der Waals surface area contributed by atoms with E-state index in [4.69, 9.17) is 16.3 Å². The van der Waals surface area contributed by atoms with Gasteiger partial charge in [-0.25, -0.2) is 12.8 Å². The second-order valence-electron chi connectivity index (χ2n) is 7.67. The number of hydrogen-bond donors (Lipinski definition) is 1. The molecule has 0 unspecified atom stereocenters. The minimum atomic E-state index is -3.91. The first-order valence-corrected chi connectivity index (χ1v) is 12.8. The van der Waals surface area contributed by atoms with Gasteiger partial charge in [-0.05, 0) is 37.6 Å². The van der Waals surface area contributed by atoms with Gasteiger partial charge >= 0.3 is 0 Å². The van der Waals surface area contributed by atoms with E-state index in [0.717, 1.165) is 15.5 Å². The summed E-state index contributed by atoms with van der Waals surface area (Å²) in [5, 5.41) is 2.88. The van der Waals surface area contributed by atoms with Gasteiger partial charge in [0.05, 0.1) is 24.1 Å². The zero-order chi connectivity index (χ0) is 25.5. The molecule has 0 aliphatic carbocycles. The van der Waals surface area contributed by atoms with E-state index in [-0.39, 0.29) is 22.8 Å². The van der Waals surface area contributed by atoms with Crippen molar-refractivity contribution in [3.8, 4) is 5.75 Å². The van der Waals surface area contributed by atoms with Crippen LogP contribution in [-0.2, 0) is 26.2 Å². The van der Waals surface area contributed by atoms with E-state index in [0.29, 0.717) is 18.7 Å². The van der Waals surface area contributed by atoms with E-state index in [1.807, 2.05) is 6.92 Å². The first kappa shape index (κ1) is 27.4. The number of carbonyl (C=O) groups excluding carboxylic acids is 2. The summed E-state index contributed by atoms with van der Waals surface area (Å²) in [5.74, 6) is -1.30. The summed E-state index contributed by atoms with van der Waals surface area (Å²) in [7, 11) is -2.49. The average molecular weight is 514 g/mol. The van der Waals surface area contributed by atoms with Gasteiger partial charge in [0, 0.05) is 18.7 Å². The van der Waals surface area contributed by atoms with Crippen LogP contribution in [0.25, 0.3) is 0 Å². The van der Waals surface area contributed by atoms with Crippen LogP contribution in [0.5, 0.6) is 5.75 Å². The lowest BCUT2D eigenvalue weighted by Gasteiger charge is -2.31. The second kappa shape index (κ2) is 12.0. The molecule has 0 saturated heterocycles. The molecule has 1 atom stereocenters. The second-order valence-corrected chi connectivity index (χ2v) is 9.98. The molecular weight excluding hydrogens is 485 g/mol. The molecule has 0 aliphatic rings. The highest BCUT2D eigenvalue weighted by Crippen LogP contribution is 2.30. The Labute approximate surface area is 204 Å². The molecule has 0 bridgehead atoms. The average Bonchev–Trinajstić information content (AvgIpc) is 2.79. The fourth-order valence-electron chi connectivity index (χ4n) is 3.21. The summed E-state index contributed by atoms with van der Waals surface area (Å²) in [6.45, 7) is 2.98. The molecule has 186 valence electrons. The number of halogens is 2. The van der Waals surface area contributed by atoms with Gasteiger partial charge in [-0.2, -0.15) is 0 Å². The number of nitrogens with zero attached hydrogens (tertiary/aromatic N) is 2. The number of sulfonamides is 1. The monoisotopic (exact) mass is 513 g/mol. The van der Waals surface area contributed by atoms with E-state index >= 15 is 0 Å². The molecule has 2 aromatic rings. The van der Waals surface area contributed by atoms with Crippen LogP contribution in [-0.4, -0.2) is 57.6 Å². The van der Waals surface area contributed by atoms with Crippen LogP contribution in [0.4, 0.5) is 10.1 Å². The summed E-state index contributed by atoms with van der Waals surface area (Å²) in [5.41, 5.74) is 0.347. The van der Waals surface area contributed by atoms with Gasteiger partial charge in [0.25, 0.3) is 0 Å². The predicted octanol–water partition coefficient (Wildman–Crippen LogP) is 3.20. The molecule has 0 fully saturated rings. The number of benzene rings is 2. The molecule has 2 aromatic carbocycles. The SMILES string of the molecule is CCCNC(=O)[C@H](C)N(Cc1ccccc1F)C(=O)CN(c1ccc(OC)c(Cl)c1)S(C)(=O)=O. The van der Waals surface area contributed by atoms with Crippen LogP contribution in [0.1, 0.15) is 25.8 Å². The van der Waals surface area contributed by atoms with Crippen LogP contribution in [0, 0.1) is 5.82 Å². The number of carbonyl (C=O) groups is 2. The molecule has 2 amide bonds. The lowest BCUT2D eigenvalue weighted by molar-refractivity contribution is -0.139. The minimum absolute atomic E-state index is 0.149. The number of methoxy groups -OCH3 is 1. The molecule has 0 spiro atoms. The Kier molecular flexibility index (Phi) is 9.69. The van der Waals surface area contributed by atoms with Crippen molar-refractivity contribution in [2.24, 2.45) is 0 Å². The molecule has 0 heterocycles. The van der Waals surface area contributed by atoms with Crippen molar-refractivity contribution in [3.05, 3.63) is 58.9 Å². The van der Waals surface area contributed by atoms with E-state index < -0.39 is 40.2 Å². The highest BCUT2D eigenvalue weighted by atomic mass is 35.5. The standard InChI is InChI=1S/C23H29ClFN3O5S/c1-5-12-26-23(30)16(2)27(14-17-8-6-7-9-20(17)25)22(29)15-28(34(4,31)32)18-10-11-21(33-3)19(24)13-18/h6-11,13,16H,5,12,14-15H2,1-4H3,(H,26,30)/t16-/m0/s1. The number of hydrogen-bond acceptors (Lipinski definition) is 5. The lowest BCUT2D eigenvalue weighted by atomic mass is 10.1. The maximum atomic E-state index is 14.3. The van der Waals surface area contributed by atoms with Crippen LogP contribution in [0.2, 0.25) is 5.02 Å². The van der Waals surface area contributed by atoms with Crippen LogP contribution in [0.15, 0.2) is 42.5 Å². The fraction of sp³-hybridized carbons (Fsp3) is 0.391. The molecule has 11 heteroatoms. The normalized spacial score (nSPS) is 12.1. The molecule has 0 aromatic heterocycles.